The van der Waals surface area contributed by atoms with Crippen molar-refractivity contribution >= 4 is 16.1 Å². The standard InChI is InChI=1S/C17H26O7S/c1-13-5-7-14(8-6-13)25(20,21)24-12-10-22-9-11-23-15(16(18)19)17(2,3)4/h5-8,15H,9-12H2,1-4H3,(H,18,19). The molecule has 1 unspecified atom stereocenters. The summed E-state index contributed by atoms with van der Waals surface area (Å²) in [5, 5.41) is 9.11. The monoisotopic (exact) mass is 374 g/mol. The molecule has 0 aliphatic heterocycles. The van der Waals surface area contributed by atoms with Crippen molar-refractivity contribution in [2.45, 2.75) is 38.7 Å². The zero-order valence-electron chi connectivity index (χ0n) is 15.0. The topological polar surface area (TPSA) is 99.1 Å². The van der Waals surface area contributed by atoms with E-state index in [4.69, 9.17) is 18.8 Å². The zero-order chi connectivity index (χ0) is 19.1. The van der Waals surface area contributed by atoms with Crippen molar-refractivity contribution in [3.05, 3.63) is 29.8 Å². The van der Waals surface area contributed by atoms with Crippen molar-refractivity contribution in [1.29, 1.82) is 0 Å². The number of hydrogen-bond donors (Lipinski definition) is 1. The van der Waals surface area contributed by atoms with Gasteiger partial charge in [0.1, 0.15) is 0 Å². The lowest BCUT2D eigenvalue weighted by atomic mass is 9.89. The minimum Gasteiger partial charge on any atom is -0.479 e. The van der Waals surface area contributed by atoms with Gasteiger partial charge in [-0.15, -0.1) is 0 Å². The second-order valence-electron chi connectivity index (χ2n) is 6.66. The van der Waals surface area contributed by atoms with Crippen LogP contribution < -0.4 is 0 Å². The van der Waals surface area contributed by atoms with Gasteiger partial charge < -0.3 is 14.6 Å². The number of carboxylic acid groups (broad SMARTS) is 1. The Morgan fingerprint density at radius 2 is 1.64 bits per heavy atom. The molecule has 0 saturated carbocycles. The molecule has 0 aromatic heterocycles. The summed E-state index contributed by atoms with van der Waals surface area (Å²) in [6.07, 6.45) is -0.936. The molecule has 1 atom stereocenters. The molecule has 0 radical (unpaired) electrons. The molecular formula is C17H26O7S. The average molecular weight is 374 g/mol. The van der Waals surface area contributed by atoms with Gasteiger partial charge in [-0.05, 0) is 24.5 Å². The first-order valence-corrected chi connectivity index (χ1v) is 9.33. The van der Waals surface area contributed by atoms with E-state index in [0.29, 0.717) is 0 Å². The molecule has 0 spiro atoms. The maximum absolute atomic E-state index is 11.9. The summed E-state index contributed by atoms with van der Waals surface area (Å²) in [6.45, 7) is 7.36. The maximum Gasteiger partial charge on any atom is 0.333 e. The lowest BCUT2D eigenvalue weighted by Gasteiger charge is -2.26. The van der Waals surface area contributed by atoms with Gasteiger partial charge in [-0.1, -0.05) is 38.5 Å². The van der Waals surface area contributed by atoms with Crippen molar-refractivity contribution in [1.82, 2.24) is 0 Å². The summed E-state index contributed by atoms with van der Waals surface area (Å²) in [5.41, 5.74) is 0.425. The summed E-state index contributed by atoms with van der Waals surface area (Å²) in [7, 11) is -3.80. The second-order valence-corrected chi connectivity index (χ2v) is 8.27. The summed E-state index contributed by atoms with van der Waals surface area (Å²) in [6, 6.07) is 6.35. The molecule has 1 aromatic rings. The van der Waals surface area contributed by atoms with Crippen LogP contribution in [0.25, 0.3) is 0 Å². The number of hydrogen-bond acceptors (Lipinski definition) is 6. The third-order valence-electron chi connectivity index (χ3n) is 3.30. The molecule has 0 bridgehead atoms. The van der Waals surface area contributed by atoms with Gasteiger partial charge in [0.25, 0.3) is 10.1 Å². The average Bonchev–Trinajstić information content (AvgIpc) is 2.48. The first-order chi connectivity index (χ1) is 11.5. The highest BCUT2D eigenvalue weighted by Crippen LogP contribution is 2.22. The number of benzene rings is 1. The predicted molar refractivity (Wildman–Crippen MR) is 92.0 cm³/mol. The third kappa shape index (κ3) is 7.52. The summed E-state index contributed by atoms with van der Waals surface area (Å²) >= 11 is 0. The molecule has 0 aliphatic carbocycles. The maximum atomic E-state index is 11.9. The van der Waals surface area contributed by atoms with Gasteiger partial charge in [0.2, 0.25) is 0 Å². The van der Waals surface area contributed by atoms with Crippen LogP contribution in [0.4, 0.5) is 0 Å². The van der Waals surface area contributed by atoms with Crippen molar-refractivity contribution in [3.8, 4) is 0 Å². The summed E-state index contributed by atoms with van der Waals surface area (Å²) in [4.78, 5) is 11.2. The molecule has 0 fully saturated rings. The Kier molecular flexibility index (Phi) is 8.01. The third-order valence-corrected chi connectivity index (χ3v) is 4.63. The Morgan fingerprint density at radius 3 is 2.16 bits per heavy atom. The van der Waals surface area contributed by atoms with E-state index >= 15 is 0 Å². The van der Waals surface area contributed by atoms with Gasteiger partial charge in [0.15, 0.2) is 6.10 Å². The van der Waals surface area contributed by atoms with Crippen molar-refractivity contribution in [2.75, 3.05) is 26.4 Å². The molecule has 7 nitrogen and oxygen atoms in total. The van der Waals surface area contributed by atoms with Crippen LogP contribution in [-0.2, 0) is 28.6 Å². The molecule has 1 rings (SSSR count). The van der Waals surface area contributed by atoms with E-state index in [1.807, 2.05) is 6.92 Å². The number of aliphatic carboxylic acids is 1. The first-order valence-electron chi connectivity index (χ1n) is 7.92. The van der Waals surface area contributed by atoms with Crippen LogP contribution in [-0.4, -0.2) is 52.0 Å². The second kappa shape index (κ2) is 9.28. The number of carbonyl (C=O) groups is 1. The fourth-order valence-electron chi connectivity index (χ4n) is 1.99. The Bertz CT molecular complexity index is 645. The van der Waals surface area contributed by atoms with Crippen molar-refractivity contribution in [3.63, 3.8) is 0 Å². The molecule has 8 heteroatoms. The highest BCUT2D eigenvalue weighted by molar-refractivity contribution is 7.86. The van der Waals surface area contributed by atoms with Crippen LogP contribution in [0.3, 0.4) is 0 Å². The van der Waals surface area contributed by atoms with E-state index in [1.54, 1.807) is 32.9 Å². The number of aryl methyl sites for hydroxylation is 1. The Labute approximate surface area is 149 Å². The molecule has 25 heavy (non-hydrogen) atoms. The van der Waals surface area contributed by atoms with Gasteiger partial charge in [-0.3, -0.25) is 4.18 Å². The Hall–Kier alpha value is -1.48. The predicted octanol–water partition coefficient (Wildman–Crippen LogP) is 2.23. The van der Waals surface area contributed by atoms with E-state index in [9.17, 15) is 13.2 Å². The molecule has 0 heterocycles. The smallest absolute Gasteiger partial charge is 0.333 e. The van der Waals surface area contributed by atoms with Gasteiger partial charge in [0.05, 0.1) is 31.3 Å². The van der Waals surface area contributed by atoms with Crippen molar-refractivity contribution in [2.24, 2.45) is 5.41 Å². The van der Waals surface area contributed by atoms with E-state index in [2.05, 4.69) is 0 Å². The minimum atomic E-state index is -3.80. The molecule has 0 aliphatic rings. The molecule has 142 valence electrons. The van der Waals surface area contributed by atoms with Crippen LogP contribution >= 0.6 is 0 Å². The zero-order valence-corrected chi connectivity index (χ0v) is 15.8. The minimum absolute atomic E-state index is 0.0572. The van der Waals surface area contributed by atoms with Crippen LogP contribution in [0.2, 0.25) is 0 Å². The fraction of sp³-hybridized carbons (Fsp3) is 0.588. The number of rotatable bonds is 10. The summed E-state index contributed by atoms with van der Waals surface area (Å²) in [5.74, 6) is -1.03. The molecule has 0 amide bonds. The largest absolute Gasteiger partial charge is 0.479 e. The van der Waals surface area contributed by atoms with Gasteiger partial charge in [-0.2, -0.15) is 8.42 Å². The molecular weight excluding hydrogens is 348 g/mol. The highest BCUT2D eigenvalue weighted by atomic mass is 32.2. The van der Waals surface area contributed by atoms with Crippen LogP contribution in [0.5, 0.6) is 0 Å². The van der Waals surface area contributed by atoms with Crippen molar-refractivity contribution < 1.29 is 32.0 Å². The Morgan fingerprint density at radius 1 is 1.08 bits per heavy atom. The Balaban J connectivity index is 2.28. The normalized spacial score (nSPS) is 13.6. The molecule has 0 saturated heterocycles. The van der Waals surface area contributed by atoms with Gasteiger partial charge in [0, 0.05) is 0 Å². The summed E-state index contributed by atoms with van der Waals surface area (Å²) < 4.78 is 39.3. The first kappa shape index (κ1) is 21.6. The van der Waals surface area contributed by atoms with E-state index in [1.165, 1.54) is 12.1 Å². The van der Waals surface area contributed by atoms with Gasteiger partial charge >= 0.3 is 5.97 Å². The lowest BCUT2D eigenvalue weighted by molar-refractivity contribution is -0.159. The number of ether oxygens (including phenoxy) is 2. The molecule has 1 aromatic carbocycles. The van der Waals surface area contributed by atoms with E-state index in [-0.39, 0.29) is 31.3 Å². The highest BCUT2D eigenvalue weighted by Gasteiger charge is 2.31. The number of carboxylic acids is 1. The van der Waals surface area contributed by atoms with Crippen LogP contribution in [0, 0.1) is 12.3 Å². The SMILES string of the molecule is Cc1ccc(S(=O)(=O)OCCOCCOC(C(=O)O)C(C)(C)C)cc1. The van der Waals surface area contributed by atoms with E-state index in [0.717, 1.165) is 5.56 Å². The fourth-order valence-corrected chi connectivity index (χ4v) is 2.89. The molecule has 1 N–H and O–H groups in total. The quantitative estimate of drug-likeness (QED) is 0.495. The van der Waals surface area contributed by atoms with E-state index < -0.39 is 27.6 Å². The van der Waals surface area contributed by atoms with Gasteiger partial charge in [-0.25, -0.2) is 4.79 Å². The van der Waals surface area contributed by atoms with Crippen LogP contribution in [0.15, 0.2) is 29.2 Å². The van der Waals surface area contributed by atoms with Crippen LogP contribution in [0.1, 0.15) is 26.3 Å². The lowest BCUT2D eigenvalue weighted by Crippen LogP contribution is -2.37.